The van der Waals surface area contributed by atoms with E-state index in [-0.39, 0.29) is 17.7 Å². The van der Waals surface area contributed by atoms with E-state index in [1.165, 1.54) is 0 Å². The van der Waals surface area contributed by atoms with E-state index >= 15 is 0 Å². The van der Waals surface area contributed by atoms with E-state index < -0.39 is 0 Å². The summed E-state index contributed by atoms with van der Waals surface area (Å²) in [6, 6.07) is 13.6. The number of methoxy groups -OCH3 is 1. The van der Waals surface area contributed by atoms with Crippen LogP contribution in [0.25, 0.3) is 0 Å². The van der Waals surface area contributed by atoms with Crippen molar-refractivity contribution >= 4 is 17.5 Å². The standard InChI is InChI=1S/C23H28N2O3/c1-16-4-5-17(2)21(14-16)24-23(27)19-10-12-25(13-11-19)22(26)15-18-6-8-20(28-3)9-7-18/h4-9,14,19H,10-13,15H2,1-3H3,(H,24,27). The van der Waals surface area contributed by atoms with Gasteiger partial charge in [-0.3, -0.25) is 9.59 Å². The summed E-state index contributed by atoms with van der Waals surface area (Å²) in [5.41, 5.74) is 4.04. The summed E-state index contributed by atoms with van der Waals surface area (Å²) in [6.07, 6.45) is 1.78. The van der Waals surface area contributed by atoms with Crippen LogP contribution in [0.1, 0.15) is 29.5 Å². The van der Waals surface area contributed by atoms with Gasteiger partial charge in [-0.2, -0.15) is 0 Å². The van der Waals surface area contributed by atoms with Gasteiger partial charge in [0.1, 0.15) is 5.75 Å². The summed E-state index contributed by atoms with van der Waals surface area (Å²) in [4.78, 5) is 27.1. The maximum absolute atomic E-state index is 12.6. The highest BCUT2D eigenvalue weighted by Gasteiger charge is 2.27. The molecule has 1 saturated heterocycles. The lowest BCUT2D eigenvalue weighted by molar-refractivity contribution is -0.133. The number of likely N-dealkylation sites (tertiary alicyclic amines) is 1. The highest BCUT2D eigenvalue weighted by Crippen LogP contribution is 2.23. The van der Waals surface area contributed by atoms with Crippen molar-refractivity contribution in [3.05, 3.63) is 59.2 Å². The van der Waals surface area contributed by atoms with Crippen LogP contribution in [-0.2, 0) is 16.0 Å². The first-order valence-electron chi connectivity index (χ1n) is 9.75. The molecule has 148 valence electrons. The summed E-state index contributed by atoms with van der Waals surface area (Å²) in [7, 11) is 1.63. The highest BCUT2D eigenvalue weighted by molar-refractivity contribution is 5.93. The Labute approximate surface area is 166 Å². The van der Waals surface area contributed by atoms with Gasteiger partial charge in [0.25, 0.3) is 0 Å². The molecule has 1 aliphatic rings. The molecule has 2 aromatic rings. The van der Waals surface area contributed by atoms with Crippen molar-refractivity contribution in [1.82, 2.24) is 4.90 Å². The monoisotopic (exact) mass is 380 g/mol. The third-order valence-corrected chi connectivity index (χ3v) is 5.38. The molecule has 5 nitrogen and oxygen atoms in total. The quantitative estimate of drug-likeness (QED) is 0.860. The summed E-state index contributed by atoms with van der Waals surface area (Å²) >= 11 is 0. The molecule has 0 unspecified atom stereocenters. The van der Waals surface area contributed by atoms with Crippen molar-refractivity contribution in [3.8, 4) is 5.75 Å². The molecule has 3 rings (SSSR count). The van der Waals surface area contributed by atoms with Crippen molar-refractivity contribution in [2.45, 2.75) is 33.1 Å². The average molecular weight is 380 g/mol. The van der Waals surface area contributed by atoms with E-state index in [9.17, 15) is 9.59 Å². The molecule has 28 heavy (non-hydrogen) atoms. The summed E-state index contributed by atoms with van der Waals surface area (Å²) in [5.74, 6) is 0.895. The fraction of sp³-hybridized carbons (Fsp3) is 0.391. The Kier molecular flexibility index (Phi) is 6.34. The number of amides is 2. The number of nitrogens with zero attached hydrogens (tertiary/aromatic N) is 1. The zero-order valence-electron chi connectivity index (χ0n) is 16.8. The number of hydrogen-bond acceptors (Lipinski definition) is 3. The maximum atomic E-state index is 12.6. The molecule has 0 atom stereocenters. The Hall–Kier alpha value is -2.82. The molecule has 1 heterocycles. The summed E-state index contributed by atoms with van der Waals surface area (Å²) < 4.78 is 5.15. The van der Waals surface area contributed by atoms with Gasteiger partial charge < -0.3 is 15.0 Å². The van der Waals surface area contributed by atoms with Crippen molar-refractivity contribution in [3.63, 3.8) is 0 Å². The van der Waals surface area contributed by atoms with E-state index in [4.69, 9.17) is 4.74 Å². The number of piperidine rings is 1. The van der Waals surface area contributed by atoms with Crippen LogP contribution in [0, 0.1) is 19.8 Å². The highest BCUT2D eigenvalue weighted by atomic mass is 16.5. The zero-order chi connectivity index (χ0) is 20.1. The first-order chi connectivity index (χ1) is 13.5. The van der Waals surface area contributed by atoms with Crippen LogP contribution in [0.3, 0.4) is 0 Å². The van der Waals surface area contributed by atoms with Gasteiger partial charge in [0, 0.05) is 24.7 Å². The van der Waals surface area contributed by atoms with Crippen molar-refractivity contribution in [1.29, 1.82) is 0 Å². The van der Waals surface area contributed by atoms with Crippen molar-refractivity contribution < 1.29 is 14.3 Å². The smallest absolute Gasteiger partial charge is 0.227 e. The van der Waals surface area contributed by atoms with Crippen LogP contribution in [0.2, 0.25) is 0 Å². The molecule has 0 saturated carbocycles. The van der Waals surface area contributed by atoms with Gasteiger partial charge in [0.15, 0.2) is 0 Å². The van der Waals surface area contributed by atoms with Crippen LogP contribution in [0.5, 0.6) is 5.75 Å². The number of hydrogen-bond donors (Lipinski definition) is 1. The topological polar surface area (TPSA) is 58.6 Å². The van der Waals surface area contributed by atoms with Crippen LogP contribution < -0.4 is 10.1 Å². The molecule has 0 aromatic heterocycles. The number of anilines is 1. The second-order valence-corrected chi connectivity index (χ2v) is 7.49. The lowest BCUT2D eigenvalue weighted by Gasteiger charge is -2.31. The SMILES string of the molecule is COc1ccc(CC(=O)N2CCC(C(=O)Nc3cc(C)ccc3C)CC2)cc1. The lowest BCUT2D eigenvalue weighted by atomic mass is 9.95. The largest absolute Gasteiger partial charge is 0.497 e. The fourth-order valence-electron chi connectivity index (χ4n) is 3.53. The van der Waals surface area contributed by atoms with E-state index in [0.717, 1.165) is 28.1 Å². The van der Waals surface area contributed by atoms with E-state index in [0.29, 0.717) is 32.4 Å². The third kappa shape index (κ3) is 4.91. The molecule has 0 aliphatic carbocycles. The van der Waals surface area contributed by atoms with Gasteiger partial charge in [0.05, 0.1) is 13.5 Å². The molecule has 1 fully saturated rings. The Balaban J connectivity index is 1.51. The Morgan fingerprint density at radius 2 is 1.75 bits per heavy atom. The van der Waals surface area contributed by atoms with Crippen LogP contribution in [-0.4, -0.2) is 36.9 Å². The van der Waals surface area contributed by atoms with Gasteiger partial charge in [0.2, 0.25) is 11.8 Å². The fourth-order valence-corrected chi connectivity index (χ4v) is 3.53. The summed E-state index contributed by atoms with van der Waals surface area (Å²) in [5, 5.41) is 3.06. The second kappa shape index (κ2) is 8.91. The average Bonchev–Trinajstić information content (AvgIpc) is 2.71. The van der Waals surface area contributed by atoms with Crippen LogP contribution in [0.4, 0.5) is 5.69 Å². The number of carbonyl (C=O) groups is 2. The molecule has 1 N–H and O–H groups in total. The zero-order valence-corrected chi connectivity index (χ0v) is 16.8. The minimum Gasteiger partial charge on any atom is -0.497 e. The van der Waals surface area contributed by atoms with Gasteiger partial charge >= 0.3 is 0 Å². The van der Waals surface area contributed by atoms with Gasteiger partial charge in [-0.05, 0) is 61.6 Å². The van der Waals surface area contributed by atoms with E-state index in [1.807, 2.05) is 61.2 Å². The molecule has 2 amide bonds. The first kappa shape index (κ1) is 19.9. The predicted molar refractivity (Wildman–Crippen MR) is 111 cm³/mol. The molecule has 2 aromatic carbocycles. The first-order valence-corrected chi connectivity index (χ1v) is 9.75. The number of rotatable bonds is 5. The Bertz CT molecular complexity index is 837. The molecule has 0 spiro atoms. The van der Waals surface area contributed by atoms with Crippen LogP contribution >= 0.6 is 0 Å². The number of carbonyl (C=O) groups excluding carboxylic acids is 2. The second-order valence-electron chi connectivity index (χ2n) is 7.49. The van der Waals surface area contributed by atoms with Gasteiger partial charge in [-0.1, -0.05) is 24.3 Å². The molecule has 0 bridgehead atoms. The number of ether oxygens (including phenoxy) is 1. The Morgan fingerprint density at radius 1 is 1.07 bits per heavy atom. The van der Waals surface area contributed by atoms with Gasteiger partial charge in [-0.25, -0.2) is 0 Å². The molecule has 1 aliphatic heterocycles. The molecule has 5 heteroatoms. The van der Waals surface area contributed by atoms with E-state index in [2.05, 4.69) is 5.32 Å². The summed E-state index contributed by atoms with van der Waals surface area (Å²) in [6.45, 7) is 5.26. The predicted octanol–water partition coefficient (Wildman–Crippen LogP) is 3.73. The van der Waals surface area contributed by atoms with Gasteiger partial charge in [-0.15, -0.1) is 0 Å². The van der Waals surface area contributed by atoms with Crippen molar-refractivity contribution in [2.24, 2.45) is 5.92 Å². The number of aryl methyl sites for hydroxylation is 2. The lowest BCUT2D eigenvalue weighted by Crippen LogP contribution is -2.42. The minimum absolute atomic E-state index is 0.0510. The minimum atomic E-state index is -0.0510. The Morgan fingerprint density at radius 3 is 2.39 bits per heavy atom. The molecular weight excluding hydrogens is 352 g/mol. The number of nitrogens with one attached hydrogen (secondary N) is 1. The van der Waals surface area contributed by atoms with E-state index in [1.54, 1.807) is 7.11 Å². The normalized spacial score (nSPS) is 14.6. The van der Waals surface area contributed by atoms with Crippen molar-refractivity contribution in [2.75, 3.05) is 25.5 Å². The maximum Gasteiger partial charge on any atom is 0.227 e. The third-order valence-electron chi connectivity index (χ3n) is 5.38. The molecular formula is C23H28N2O3. The number of benzene rings is 2. The van der Waals surface area contributed by atoms with Crippen LogP contribution in [0.15, 0.2) is 42.5 Å². The molecule has 0 radical (unpaired) electrons.